The largest absolute Gasteiger partial charge is 0.370 e. The maximum atomic E-state index is 11.3. The van der Waals surface area contributed by atoms with Crippen LogP contribution in [0.3, 0.4) is 0 Å². The van der Waals surface area contributed by atoms with Gasteiger partial charge in [-0.1, -0.05) is 64.4 Å². The third kappa shape index (κ3) is 5.09. The van der Waals surface area contributed by atoms with Gasteiger partial charge in [0.2, 0.25) is 5.91 Å². The van der Waals surface area contributed by atoms with Gasteiger partial charge in [-0.2, -0.15) is 0 Å². The van der Waals surface area contributed by atoms with Gasteiger partial charge < -0.3 is 10.6 Å². The Morgan fingerprint density at radius 1 is 1.03 bits per heavy atom. The summed E-state index contributed by atoms with van der Waals surface area (Å²) in [6, 6.07) is 1.36. The predicted octanol–water partition coefficient (Wildman–Crippen LogP) is 6.10. The fourth-order valence-corrected chi connectivity index (χ4v) is 6.63. The summed E-state index contributed by atoms with van der Waals surface area (Å²) in [5.74, 6) is 2.10. The first-order valence-electron chi connectivity index (χ1n) is 12.6. The fraction of sp³-hybridized carbons (Fsp3) is 0.808. The monoisotopic (exact) mass is 398 g/mol. The van der Waals surface area contributed by atoms with E-state index in [2.05, 4.69) is 24.1 Å². The van der Waals surface area contributed by atoms with Gasteiger partial charge in [0.05, 0.1) is 6.04 Å². The Kier molecular flexibility index (Phi) is 7.03. The second-order valence-electron chi connectivity index (χ2n) is 10.5. The van der Waals surface area contributed by atoms with Crippen LogP contribution in [0.15, 0.2) is 23.4 Å². The van der Waals surface area contributed by atoms with Crippen molar-refractivity contribution in [2.45, 2.75) is 115 Å². The van der Waals surface area contributed by atoms with E-state index in [9.17, 15) is 4.79 Å². The number of carbonyl (C=O) groups is 1. The molecule has 3 atom stereocenters. The summed E-state index contributed by atoms with van der Waals surface area (Å²) >= 11 is 0. The van der Waals surface area contributed by atoms with Gasteiger partial charge in [0.1, 0.15) is 0 Å². The highest BCUT2D eigenvalue weighted by molar-refractivity contribution is 5.73. The molecule has 1 heterocycles. The van der Waals surface area contributed by atoms with Gasteiger partial charge in [-0.25, -0.2) is 0 Å². The Bertz CT molecular complexity index is 625. The molecule has 0 spiro atoms. The number of fused-ring (bicyclic) bond motifs is 1. The maximum Gasteiger partial charge on any atom is 0.217 e. The molecule has 29 heavy (non-hydrogen) atoms. The van der Waals surface area contributed by atoms with Crippen molar-refractivity contribution in [3.8, 4) is 0 Å². The van der Waals surface area contributed by atoms with Crippen molar-refractivity contribution < 1.29 is 4.79 Å². The van der Waals surface area contributed by atoms with Gasteiger partial charge in [0, 0.05) is 18.7 Å². The second kappa shape index (κ2) is 9.71. The molecule has 3 unspecified atom stereocenters. The number of rotatable bonds is 7. The number of allylic oxidation sites excluding steroid dienone is 1. The molecule has 0 aromatic heterocycles. The summed E-state index contributed by atoms with van der Waals surface area (Å²) in [7, 11) is 0. The van der Waals surface area contributed by atoms with E-state index >= 15 is 0 Å². The minimum Gasteiger partial charge on any atom is -0.370 e. The van der Waals surface area contributed by atoms with Gasteiger partial charge in [0.25, 0.3) is 0 Å². The molecule has 0 radical (unpaired) electrons. The summed E-state index contributed by atoms with van der Waals surface area (Å²) in [6.45, 7) is 2.50. The zero-order valence-electron chi connectivity index (χ0n) is 18.6. The maximum absolute atomic E-state index is 11.3. The molecule has 1 aliphatic heterocycles. The van der Waals surface area contributed by atoms with Crippen LogP contribution in [0.4, 0.5) is 0 Å². The third-order valence-electron chi connectivity index (χ3n) is 8.38. The van der Waals surface area contributed by atoms with Crippen LogP contribution in [0.2, 0.25) is 0 Å². The summed E-state index contributed by atoms with van der Waals surface area (Å²) in [6.07, 6.45) is 24.5. The number of hydrogen-bond acceptors (Lipinski definition) is 2. The first-order chi connectivity index (χ1) is 14.1. The van der Waals surface area contributed by atoms with Gasteiger partial charge in [-0.05, 0) is 67.4 Å². The van der Waals surface area contributed by atoms with Gasteiger partial charge in [0.15, 0.2) is 0 Å². The van der Waals surface area contributed by atoms with Crippen molar-refractivity contribution in [3.63, 3.8) is 0 Å². The number of carbonyl (C=O) groups excluding carboxylic acids is 1. The van der Waals surface area contributed by atoms with E-state index in [-0.39, 0.29) is 5.91 Å². The van der Waals surface area contributed by atoms with E-state index in [1.165, 1.54) is 83.5 Å². The molecule has 3 aliphatic carbocycles. The lowest BCUT2D eigenvalue weighted by atomic mass is 9.76. The van der Waals surface area contributed by atoms with Crippen molar-refractivity contribution in [1.29, 1.82) is 0 Å². The topological polar surface area (TPSA) is 46.3 Å². The van der Waals surface area contributed by atoms with E-state index in [0.717, 1.165) is 24.3 Å². The molecular formula is C26H42N2O. The molecule has 2 fully saturated rings. The minimum absolute atomic E-state index is 0.150. The van der Waals surface area contributed by atoms with Gasteiger partial charge >= 0.3 is 0 Å². The Labute approximate surface area is 178 Å². The summed E-state index contributed by atoms with van der Waals surface area (Å²) in [4.78, 5) is 14.1. The van der Waals surface area contributed by atoms with Crippen LogP contribution in [0.5, 0.6) is 0 Å². The Morgan fingerprint density at radius 3 is 2.41 bits per heavy atom. The molecule has 162 valence electrons. The zero-order valence-corrected chi connectivity index (χ0v) is 18.6. The zero-order chi connectivity index (χ0) is 20.2. The molecule has 4 rings (SSSR count). The first kappa shape index (κ1) is 21.0. The van der Waals surface area contributed by atoms with E-state index in [1.807, 2.05) is 0 Å². The average Bonchev–Trinajstić information content (AvgIpc) is 3.11. The van der Waals surface area contributed by atoms with Crippen LogP contribution in [-0.2, 0) is 4.79 Å². The highest BCUT2D eigenvalue weighted by Gasteiger charge is 2.38. The Hall–Kier alpha value is -1.25. The standard InChI is InChI=1S/C26H42N2O/c1-19(21-8-4-2-5-9-21)16-22-18-28(23-10-6-3-7-11-23)25-14-12-20(17-24(22)25)13-15-26(27)29/h17-21,23,25H,2-16H2,1H3,(H2,27,29). The van der Waals surface area contributed by atoms with Crippen LogP contribution in [0, 0.1) is 17.8 Å². The van der Waals surface area contributed by atoms with Gasteiger partial charge in [-0.3, -0.25) is 4.79 Å². The number of nitrogens with zero attached hydrogens (tertiary/aromatic N) is 1. The lowest BCUT2D eigenvalue weighted by Crippen LogP contribution is -2.40. The van der Waals surface area contributed by atoms with E-state index in [4.69, 9.17) is 5.73 Å². The normalized spacial score (nSPS) is 29.9. The second-order valence-corrected chi connectivity index (χ2v) is 10.5. The van der Waals surface area contributed by atoms with Crippen LogP contribution in [0.1, 0.15) is 103 Å². The van der Waals surface area contributed by atoms with Crippen LogP contribution < -0.4 is 5.73 Å². The smallest absolute Gasteiger partial charge is 0.217 e. The van der Waals surface area contributed by atoms with Crippen LogP contribution in [-0.4, -0.2) is 22.9 Å². The number of nitrogens with two attached hydrogens (primary N) is 1. The third-order valence-corrected chi connectivity index (χ3v) is 8.38. The van der Waals surface area contributed by atoms with Crippen molar-refractivity contribution in [1.82, 2.24) is 4.90 Å². The van der Waals surface area contributed by atoms with E-state index < -0.39 is 0 Å². The quantitative estimate of drug-likeness (QED) is 0.563. The molecule has 1 amide bonds. The minimum atomic E-state index is -0.150. The molecule has 0 bridgehead atoms. The SMILES string of the molecule is CC(CC1=CN(C2CCCCC2)C2CCC(CCC(N)=O)C=C12)C1CCCCC1. The molecule has 2 N–H and O–H groups in total. The Balaban J connectivity index is 1.50. The Morgan fingerprint density at radius 2 is 1.72 bits per heavy atom. The van der Waals surface area contributed by atoms with Crippen LogP contribution >= 0.6 is 0 Å². The average molecular weight is 399 g/mol. The highest BCUT2D eigenvalue weighted by Crippen LogP contribution is 2.44. The predicted molar refractivity (Wildman–Crippen MR) is 120 cm³/mol. The molecule has 4 aliphatic rings. The summed E-state index contributed by atoms with van der Waals surface area (Å²) in [5, 5.41) is 0. The van der Waals surface area contributed by atoms with E-state index in [1.54, 1.807) is 11.1 Å². The molecular weight excluding hydrogens is 356 g/mol. The molecule has 2 saturated carbocycles. The lowest BCUT2D eigenvalue weighted by Gasteiger charge is -2.39. The number of amides is 1. The highest BCUT2D eigenvalue weighted by atomic mass is 16.1. The molecule has 0 aromatic rings. The van der Waals surface area contributed by atoms with Crippen molar-refractivity contribution >= 4 is 5.91 Å². The van der Waals surface area contributed by atoms with Crippen molar-refractivity contribution in [2.75, 3.05) is 0 Å². The molecule has 3 heteroatoms. The van der Waals surface area contributed by atoms with Crippen molar-refractivity contribution in [3.05, 3.63) is 23.4 Å². The van der Waals surface area contributed by atoms with Crippen LogP contribution in [0.25, 0.3) is 0 Å². The number of hydrogen-bond donors (Lipinski definition) is 1. The summed E-state index contributed by atoms with van der Waals surface area (Å²) < 4.78 is 0. The fourth-order valence-electron chi connectivity index (χ4n) is 6.63. The molecule has 3 nitrogen and oxygen atoms in total. The molecule has 0 saturated heterocycles. The molecule has 0 aromatic carbocycles. The number of primary amides is 1. The first-order valence-corrected chi connectivity index (χ1v) is 12.6. The van der Waals surface area contributed by atoms with E-state index in [0.29, 0.717) is 18.4 Å². The summed E-state index contributed by atoms with van der Waals surface area (Å²) in [5.41, 5.74) is 8.68. The van der Waals surface area contributed by atoms with Crippen molar-refractivity contribution in [2.24, 2.45) is 23.5 Å². The van der Waals surface area contributed by atoms with Gasteiger partial charge in [-0.15, -0.1) is 0 Å². The lowest BCUT2D eigenvalue weighted by molar-refractivity contribution is -0.118.